The average Bonchev–Trinajstić information content (AvgIpc) is 3.08. The predicted molar refractivity (Wildman–Crippen MR) is 74.0 cm³/mol. The summed E-state index contributed by atoms with van der Waals surface area (Å²) in [7, 11) is 0. The van der Waals surface area contributed by atoms with E-state index in [0.29, 0.717) is 13.2 Å². The van der Waals surface area contributed by atoms with Gasteiger partial charge in [-0.3, -0.25) is 0 Å². The van der Waals surface area contributed by atoms with E-state index in [9.17, 15) is 0 Å². The number of fused-ring (bicyclic) bond motifs is 1. The predicted octanol–water partition coefficient (Wildman–Crippen LogP) is 2.56. The number of rotatable bonds is 5. The smallest absolute Gasteiger partial charge is 0.231 e. The van der Waals surface area contributed by atoms with Crippen molar-refractivity contribution in [2.75, 3.05) is 13.4 Å². The maximum Gasteiger partial charge on any atom is 0.231 e. The van der Waals surface area contributed by atoms with E-state index in [0.717, 1.165) is 29.2 Å². The van der Waals surface area contributed by atoms with Gasteiger partial charge in [0.25, 0.3) is 0 Å². The monoisotopic (exact) mass is 277 g/mol. The summed E-state index contributed by atoms with van der Waals surface area (Å²) in [6.45, 7) is 1.32. The fourth-order valence-electron chi connectivity index (χ4n) is 1.98. The lowest BCUT2D eigenvalue weighted by atomic mass is 10.2. The van der Waals surface area contributed by atoms with Gasteiger partial charge in [0.05, 0.1) is 6.61 Å². The molecule has 0 unspecified atom stereocenters. The highest BCUT2D eigenvalue weighted by molar-refractivity contribution is 7.09. The van der Waals surface area contributed by atoms with Crippen LogP contribution in [0, 0.1) is 0 Å². The van der Waals surface area contributed by atoms with E-state index in [-0.39, 0.29) is 6.79 Å². The third kappa shape index (κ3) is 2.67. The maximum absolute atomic E-state index is 5.82. The Morgan fingerprint density at radius 1 is 1.26 bits per heavy atom. The first-order chi connectivity index (χ1) is 9.36. The first-order valence-corrected chi connectivity index (χ1v) is 7.02. The van der Waals surface area contributed by atoms with Crippen LogP contribution in [0.25, 0.3) is 0 Å². The van der Waals surface area contributed by atoms with Crippen LogP contribution in [-0.4, -0.2) is 13.4 Å². The van der Waals surface area contributed by atoms with Gasteiger partial charge in [-0.25, -0.2) is 0 Å². The van der Waals surface area contributed by atoms with Crippen LogP contribution in [0.15, 0.2) is 29.6 Å². The van der Waals surface area contributed by atoms with E-state index in [1.165, 1.54) is 4.88 Å². The van der Waals surface area contributed by atoms with E-state index in [1.54, 1.807) is 11.3 Å². The van der Waals surface area contributed by atoms with Crippen molar-refractivity contribution in [1.82, 2.24) is 0 Å². The van der Waals surface area contributed by atoms with Crippen LogP contribution in [0.2, 0.25) is 0 Å². The molecule has 3 rings (SSSR count). The van der Waals surface area contributed by atoms with Crippen LogP contribution in [0.5, 0.6) is 17.2 Å². The molecule has 19 heavy (non-hydrogen) atoms. The Morgan fingerprint density at radius 2 is 2.11 bits per heavy atom. The number of ether oxygens (including phenoxy) is 3. The lowest BCUT2D eigenvalue weighted by Gasteiger charge is -2.11. The minimum Gasteiger partial charge on any atom is -0.493 e. The summed E-state index contributed by atoms with van der Waals surface area (Å²) in [5.74, 6) is 2.25. The second-order valence-corrected chi connectivity index (χ2v) is 5.23. The van der Waals surface area contributed by atoms with Gasteiger partial charge in [0.15, 0.2) is 11.5 Å². The van der Waals surface area contributed by atoms with Crippen molar-refractivity contribution in [2.24, 2.45) is 5.73 Å². The minimum absolute atomic E-state index is 0.262. The van der Waals surface area contributed by atoms with Gasteiger partial charge in [0.2, 0.25) is 6.79 Å². The SMILES string of the molecule is NCc1cc2c(cc1OCCc1cccs1)OCO2. The highest BCUT2D eigenvalue weighted by Gasteiger charge is 2.17. The molecule has 0 fully saturated rings. The van der Waals surface area contributed by atoms with Gasteiger partial charge in [-0.1, -0.05) is 6.07 Å². The quantitative estimate of drug-likeness (QED) is 0.912. The lowest BCUT2D eigenvalue weighted by molar-refractivity contribution is 0.173. The van der Waals surface area contributed by atoms with E-state index >= 15 is 0 Å². The zero-order valence-electron chi connectivity index (χ0n) is 10.4. The second-order valence-electron chi connectivity index (χ2n) is 4.20. The zero-order chi connectivity index (χ0) is 13.1. The van der Waals surface area contributed by atoms with Crippen LogP contribution < -0.4 is 19.9 Å². The number of hydrogen-bond donors (Lipinski definition) is 1. The standard InChI is InChI=1S/C14H15NO3S/c15-8-10-6-13-14(18-9-17-13)7-12(10)16-4-3-11-2-1-5-19-11/h1-2,5-7H,3-4,8-9,15H2. The van der Waals surface area contributed by atoms with Crippen LogP contribution in [-0.2, 0) is 13.0 Å². The molecule has 0 bridgehead atoms. The van der Waals surface area contributed by atoms with Crippen molar-refractivity contribution in [3.8, 4) is 17.2 Å². The Morgan fingerprint density at radius 3 is 2.84 bits per heavy atom. The number of hydrogen-bond acceptors (Lipinski definition) is 5. The molecule has 0 saturated heterocycles. The highest BCUT2D eigenvalue weighted by Crippen LogP contribution is 2.38. The molecule has 0 aliphatic carbocycles. The molecule has 2 aromatic rings. The highest BCUT2D eigenvalue weighted by atomic mass is 32.1. The molecule has 0 spiro atoms. The molecule has 1 aliphatic rings. The van der Waals surface area contributed by atoms with Crippen LogP contribution in [0.3, 0.4) is 0 Å². The molecule has 4 nitrogen and oxygen atoms in total. The molecule has 1 aromatic heterocycles. The van der Waals surface area contributed by atoms with E-state index in [1.807, 2.05) is 18.2 Å². The fraction of sp³-hybridized carbons (Fsp3) is 0.286. The Labute approximate surface area is 115 Å². The summed E-state index contributed by atoms with van der Waals surface area (Å²) < 4.78 is 16.5. The van der Waals surface area contributed by atoms with Gasteiger partial charge < -0.3 is 19.9 Å². The average molecular weight is 277 g/mol. The molecular formula is C14H15NO3S. The normalized spacial score (nSPS) is 12.7. The van der Waals surface area contributed by atoms with Crippen molar-refractivity contribution in [1.29, 1.82) is 0 Å². The molecule has 2 heterocycles. The van der Waals surface area contributed by atoms with Crippen LogP contribution in [0.1, 0.15) is 10.4 Å². The van der Waals surface area contributed by atoms with Crippen molar-refractivity contribution >= 4 is 11.3 Å². The summed E-state index contributed by atoms with van der Waals surface area (Å²) in [6.07, 6.45) is 0.899. The van der Waals surface area contributed by atoms with Crippen molar-refractivity contribution in [3.05, 3.63) is 40.1 Å². The summed E-state index contributed by atoms with van der Waals surface area (Å²) in [5, 5.41) is 2.07. The Balaban J connectivity index is 1.69. The van der Waals surface area contributed by atoms with Crippen LogP contribution >= 0.6 is 11.3 Å². The van der Waals surface area contributed by atoms with Gasteiger partial charge >= 0.3 is 0 Å². The Bertz CT molecular complexity index is 554. The van der Waals surface area contributed by atoms with Gasteiger partial charge in [0, 0.05) is 29.5 Å². The van der Waals surface area contributed by atoms with Gasteiger partial charge in [0.1, 0.15) is 5.75 Å². The summed E-state index contributed by atoms with van der Waals surface area (Å²) in [6, 6.07) is 7.91. The third-order valence-electron chi connectivity index (χ3n) is 2.96. The summed E-state index contributed by atoms with van der Waals surface area (Å²) in [4.78, 5) is 1.31. The molecule has 100 valence electrons. The van der Waals surface area contributed by atoms with Crippen molar-refractivity contribution < 1.29 is 14.2 Å². The number of thiophene rings is 1. The summed E-state index contributed by atoms with van der Waals surface area (Å²) >= 11 is 1.74. The minimum atomic E-state index is 0.262. The first-order valence-electron chi connectivity index (χ1n) is 6.14. The molecule has 2 N–H and O–H groups in total. The maximum atomic E-state index is 5.82. The molecular weight excluding hydrogens is 262 g/mol. The molecule has 0 radical (unpaired) electrons. The Hall–Kier alpha value is -1.72. The largest absolute Gasteiger partial charge is 0.493 e. The lowest BCUT2D eigenvalue weighted by Crippen LogP contribution is -2.05. The molecule has 0 atom stereocenters. The first kappa shape index (κ1) is 12.3. The Kier molecular flexibility index (Phi) is 3.57. The van der Waals surface area contributed by atoms with E-state index < -0.39 is 0 Å². The number of benzene rings is 1. The summed E-state index contributed by atoms with van der Waals surface area (Å²) in [5.41, 5.74) is 6.68. The van der Waals surface area contributed by atoms with E-state index in [2.05, 4.69) is 11.4 Å². The third-order valence-corrected chi connectivity index (χ3v) is 3.90. The van der Waals surface area contributed by atoms with Gasteiger partial charge in [-0.2, -0.15) is 0 Å². The molecule has 0 saturated carbocycles. The molecule has 1 aromatic carbocycles. The molecule has 5 heteroatoms. The van der Waals surface area contributed by atoms with Crippen molar-refractivity contribution in [2.45, 2.75) is 13.0 Å². The van der Waals surface area contributed by atoms with Crippen molar-refractivity contribution in [3.63, 3.8) is 0 Å². The topological polar surface area (TPSA) is 53.7 Å². The zero-order valence-corrected chi connectivity index (χ0v) is 11.2. The van der Waals surface area contributed by atoms with Crippen LogP contribution in [0.4, 0.5) is 0 Å². The van der Waals surface area contributed by atoms with Gasteiger partial charge in [-0.15, -0.1) is 11.3 Å². The molecule has 1 aliphatic heterocycles. The van der Waals surface area contributed by atoms with E-state index in [4.69, 9.17) is 19.9 Å². The number of nitrogens with two attached hydrogens (primary N) is 1. The fourth-order valence-corrected chi connectivity index (χ4v) is 2.67. The van der Waals surface area contributed by atoms with Gasteiger partial charge in [-0.05, 0) is 17.5 Å². The molecule has 0 amide bonds. The second kappa shape index (κ2) is 5.50.